The minimum atomic E-state index is -0.410. The van der Waals surface area contributed by atoms with Gasteiger partial charge in [0.05, 0.1) is 5.02 Å². The lowest BCUT2D eigenvalue weighted by atomic mass is 10.2. The van der Waals surface area contributed by atoms with Crippen molar-refractivity contribution in [2.24, 2.45) is 0 Å². The highest BCUT2D eigenvalue weighted by Gasteiger charge is 2.11. The third-order valence-corrected chi connectivity index (χ3v) is 2.71. The fraction of sp³-hybridized carbons (Fsp3) is 0.133. The van der Waals surface area contributed by atoms with Gasteiger partial charge in [-0.25, -0.2) is 0 Å². The van der Waals surface area contributed by atoms with E-state index in [2.05, 4.69) is 0 Å². The molecule has 0 radical (unpaired) electrons. The predicted octanol–water partition coefficient (Wildman–Crippen LogP) is 3.84. The summed E-state index contributed by atoms with van der Waals surface area (Å²) in [7, 11) is 0. The van der Waals surface area contributed by atoms with E-state index < -0.39 is 5.97 Å². The van der Waals surface area contributed by atoms with Crippen LogP contribution in [0.3, 0.4) is 0 Å². The Hall–Kier alpha value is -2.00. The van der Waals surface area contributed by atoms with Crippen molar-refractivity contribution in [1.29, 1.82) is 0 Å². The van der Waals surface area contributed by atoms with E-state index >= 15 is 0 Å². The summed E-state index contributed by atoms with van der Waals surface area (Å²) in [4.78, 5) is 11.0. The molecular weight excluding hydrogens is 264 g/mol. The van der Waals surface area contributed by atoms with Crippen LogP contribution in [0, 0.1) is 0 Å². The number of carbonyl (C=O) groups excluding carboxylic acids is 1. The number of benzene rings is 2. The lowest BCUT2D eigenvalue weighted by Gasteiger charge is -2.12. The molecule has 4 heteroatoms. The van der Waals surface area contributed by atoms with Crippen LogP contribution < -0.4 is 9.47 Å². The number of hydrogen-bond acceptors (Lipinski definition) is 3. The lowest BCUT2D eigenvalue weighted by molar-refractivity contribution is -0.132. The number of esters is 1. The molecule has 0 aliphatic heterocycles. The number of para-hydroxylation sites is 1. The zero-order chi connectivity index (χ0) is 13.7. The van der Waals surface area contributed by atoms with Crippen LogP contribution in [0.1, 0.15) is 12.5 Å². The van der Waals surface area contributed by atoms with Gasteiger partial charge in [0.25, 0.3) is 0 Å². The molecule has 19 heavy (non-hydrogen) atoms. The van der Waals surface area contributed by atoms with Crippen LogP contribution in [0.2, 0.25) is 5.02 Å². The van der Waals surface area contributed by atoms with Crippen molar-refractivity contribution in [3.63, 3.8) is 0 Å². The molecule has 0 bridgehead atoms. The zero-order valence-electron chi connectivity index (χ0n) is 10.4. The molecule has 0 saturated heterocycles. The first-order valence-corrected chi connectivity index (χ1v) is 6.18. The van der Waals surface area contributed by atoms with Gasteiger partial charge in [-0.05, 0) is 17.7 Å². The van der Waals surface area contributed by atoms with Crippen molar-refractivity contribution in [3.05, 3.63) is 59.1 Å². The maximum atomic E-state index is 11.0. The van der Waals surface area contributed by atoms with E-state index in [1.54, 1.807) is 18.2 Å². The van der Waals surface area contributed by atoms with E-state index in [9.17, 15) is 4.79 Å². The van der Waals surface area contributed by atoms with E-state index in [0.29, 0.717) is 23.1 Å². The molecule has 0 fully saturated rings. The van der Waals surface area contributed by atoms with Gasteiger partial charge in [-0.15, -0.1) is 0 Å². The number of hydrogen-bond donors (Lipinski definition) is 0. The standard InChI is InChI=1S/C15H13ClO3/c1-11(17)19-14-9-5-8-13(16)15(14)18-10-12-6-3-2-4-7-12/h2-9H,10H2,1H3. The van der Waals surface area contributed by atoms with Crippen molar-refractivity contribution < 1.29 is 14.3 Å². The molecule has 0 aliphatic rings. The molecule has 0 aromatic heterocycles. The third-order valence-electron chi connectivity index (χ3n) is 2.41. The molecule has 2 aromatic carbocycles. The van der Waals surface area contributed by atoms with Crippen molar-refractivity contribution in [1.82, 2.24) is 0 Å². The van der Waals surface area contributed by atoms with E-state index in [4.69, 9.17) is 21.1 Å². The Balaban J connectivity index is 2.17. The van der Waals surface area contributed by atoms with E-state index in [0.717, 1.165) is 5.56 Å². The first-order chi connectivity index (χ1) is 9.16. The summed E-state index contributed by atoms with van der Waals surface area (Å²) in [6.45, 7) is 1.70. The van der Waals surface area contributed by atoms with Gasteiger partial charge in [-0.3, -0.25) is 4.79 Å². The maximum absolute atomic E-state index is 11.0. The first kappa shape index (κ1) is 13.4. The molecule has 0 amide bonds. The van der Waals surface area contributed by atoms with Crippen molar-refractivity contribution >= 4 is 17.6 Å². The molecule has 0 spiro atoms. The molecule has 3 nitrogen and oxygen atoms in total. The topological polar surface area (TPSA) is 35.5 Å². The van der Waals surface area contributed by atoms with E-state index in [1.807, 2.05) is 30.3 Å². The van der Waals surface area contributed by atoms with Gasteiger partial charge in [0.2, 0.25) is 0 Å². The zero-order valence-corrected chi connectivity index (χ0v) is 11.2. The minimum Gasteiger partial charge on any atom is -0.483 e. The van der Waals surface area contributed by atoms with Gasteiger partial charge in [-0.2, -0.15) is 0 Å². The molecule has 0 saturated carbocycles. The fourth-order valence-corrected chi connectivity index (χ4v) is 1.81. The predicted molar refractivity (Wildman–Crippen MR) is 73.5 cm³/mol. The maximum Gasteiger partial charge on any atom is 0.308 e. The molecular formula is C15H13ClO3. The second-order valence-corrected chi connectivity index (χ2v) is 4.34. The second-order valence-electron chi connectivity index (χ2n) is 3.94. The molecule has 2 aromatic rings. The summed E-state index contributed by atoms with van der Waals surface area (Å²) < 4.78 is 10.7. The summed E-state index contributed by atoms with van der Waals surface area (Å²) in [5.41, 5.74) is 1.01. The molecule has 0 aliphatic carbocycles. The summed E-state index contributed by atoms with van der Waals surface area (Å²) in [6, 6.07) is 14.7. The smallest absolute Gasteiger partial charge is 0.308 e. The van der Waals surface area contributed by atoms with Gasteiger partial charge < -0.3 is 9.47 Å². The molecule has 0 unspecified atom stereocenters. The van der Waals surface area contributed by atoms with Crippen LogP contribution in [-0.4, -0.2) is 5.97 Å². The highest BCUT2D eigenvalue weighted by atomic mass is 35.5. The Morgan fingerprint density at radius 2 is 1.84 bits per heavy atom. The highest BCUT2D eigenvalue weighted by Crippen LogP contribution is 2.35. The first-order valence-electron chi connectivity index (χ1n) is 5.80. The van der Waals surface area contributed by atoms with Crippen LogP contribution in [0.25, 0.3) is 0 Å². The SMILES string of the molecule is CC(=O)Oc1cccc(Cl)c1OCc1ccccc1. The Morgan fingerprint density at radius 1 is 1.11 bits per heavy atom. The average molecular weight is 277 g/mol. The largest absolute Gasteiger partial charge is 0.483 e. The molecule has 2 rings (SSSR count). The molecule has 0 heterocycles. The highest BCUT2D eigenvalue weighted by molar-refractivity contribution is 6.32. The van der Waals surface area contributed by atoms with E-state index in [-0.39, 0.29) is 0 Å². The number of halogens is 1. The lowest BCUT2D eigenvalue weighted by Crippen LogP contribution is -2.04. The van der Waals surface area contributed by atoms with Gasteiger partial charge in [-0.1, -0.05) is 48.0 Å². The summed E-state index contributed by atoms with van der Waals surface area (Å²) in [5.74, 6) is 0.297. The van der Waals surface area contributed by atoms with E-state index in [1.165, 1.54) is 6.92 Å². The summed E-state index contributed by atoms with van der Waals surface area (Å²) in [5, 5.41) is 0.412. The Labute approximate surface area is 116 Å². The summed E-state index contributed by atoms with van der Waals surface area (Å²) in [6.07, 6.45) is 0. The van der Waals surface area contributed by atoms with Crippen LogP contribution in [0.5, 0.6) is 11.5 Å². The monoisotopic (exact) mass is 276 g/mol. The second kappa shape index (κ2) is 6.25. The molecule has 0 N–H and O–H groups in total. The van der Waals surface area contributed by atoms with Gasteiger partial charge in [0.15, 0.2) is 11.5 Å². The fourth-order valence-electron chi connectivity index (χ4n) is 1.59. The minimum absolute atomic E-state index is 0.330. The van der Waals surface area contributed by atoms with Crippen LogP contribution in [0.15, 0.2) is 48.5 Å². The normalized spacial score (nSPS) is 10.0. The van der Waals surface area contributed by atoms with Crippen LogP contribution in [-0.2, 0) is 11.4 Å². The summed E-state index contributed by atoms with van der Waals surface area (Å²) >= 11 is 6.06. The van der Waals surface area contributed by atoms with Crippen molar-refractivity contribution in [2.75, 3.05) is 0 Å². The Morgan fingerprint density at radius 3 is 2.53 bits per heavy atom. The van der Waals surface area contributed by atoms with Gasteiger partial charge in [0.1, 0.15) is 6.61 Å². The number of ether oxygens (including phenoxy) is 2. The quantitative estimate of drug-likeness (QED) is 0.629. The molecule has 0 atom stereocenters. The number of carbonyl (C=O) groups is 1. The van der Waals surface area contributed by atoms with Gasteiger partial charge >= 0.3 is 5.97 Å². The van der Waals surface area contributed by atoms with Crippen LogP contribution >= 0.6 is 11.6 Å². The third kappa shape index (κ3) is 3.73. The average Bonchev–Trinajstić information content (AvgIpc) is 2.38. The molecule has 98 valence electrons. The van der Waals surface area contributed by atoms with Crippen molar-refractivity contribution in [2.45, 2.75) is 13.5 Å². The van der Waals surface area contributed by atoms with Gasteiger partial charge in [0, 0.05) is 6.92 Å². The van der Waals surface area contributed by atoms with Crippen molar-refractivity contribution in [3.8, 4) is 11.5 Å². The number of rotatable bonds is 4. The Bertz CT molecular complexity index is 567. The van der Waals surface area contributed by atoms with Crippen LogP contribution in [0.4, 0.5) is 0 Å². The Kier molecular flexibility index (Phi) is 4.42.